The number of carbonyl (C=O) groups excluding carboxylic acids is 4. The third kappa shape index (κ3) is 13.1. The summed E-state index contributed by atoms with van der Waals surface area (Å²) in [6, 6.07) is 0. The van der Waals surface area contributed by atoms with Crippen LogP contribution in [0.4, 0.5) is 0 Å². The van der Waals surface area contributed by atoms with Crippen molar-refractivity contribution < 1.29 is 23.9 Å². The second kappa shape index (κ2) is 14.4. The Morgan fingerprint density at radius 3 is 2.25 bits per heavy atom. The molecule has 0 spiro atoms. The number of ether oxygens (including phenoxy) is 1. The maximum absolute atomic E-state index is 12.4. The molecule has 0 aromatic heterocycles. The van der Waals surface area contributed by atoms with E-state index in [1.807, 2.05) is 34.6 Å². The van der Waals surface area contributed by atoms with Gasteiger partial charge in [-0.2, -0.15) is 0 Å². The van der Waals surface area contributed by atoms with Crippen LogP contribution in [0.15, 0.2) is 0 Å². The van der Waals surface area contributed by atoms with Crippen LogP contribution in [-0.4, -0.2) is 71.4 Å². The highest BCUT2D eigenvalue weighted by Crippen LogP contribution is 2.25. The average molecular weight is 528 g/mol. The first-order valence-corrected chi connectivity index (χ1v) is 14.2. The first-order chi connectivity index (χ1) is 16.6. The van der Waals surface area contributed by atoms with Crippen LogP contribution in [0.5, 0.6) is 0 Å². The molecule has 0 saturated carbocycles. The van der Waals surface area contributed by atoms with Crippen LogP contribution < -0.4 is 10.6 Å². The van der Waals surface area contributed by atoms with Gasteiger partial charge in [0.15, 0.2) is 0 Å². The molecule has 1 heterocycles. The summed E-state index contributed by atoms with van der Waals surface area (Å²) in [6.07, 6.45) is 3.38. The SMILES string of the molecule is CCSC1CC(=O)N(CCC(=O)NCC(C)(C)COC(C)(C)CCCNC(=O)CCC(C)(C)C)C1=O. The van der Waals surface area contributed by atoms with Crippen LogP contribution in [-0.2, 0) is 23.9 Å². The van der Waals surface area contributed by atoms with Crippen molar-refractivity contribution in [3.63, 3.8) is 0 Å². The second-order valence-corrected chi connectivity index (χ2v) is 13.8. The molecule has 36 heavy (non-hydrogen) atoms. The minimum absolute atomic E-state index is 0.0960. The number of likely N-dealkylation sites (tertiary alicyclic amines) is 1. The largest absolute Gasteiger partial charge is 0.375 e. The van der Waals surface area contributed by atoms with Gasteiger partial charge in [-0.1, -0.05) is 41.5 Å². The molecule has 1 rings (SSSR count). The van der Waals surface area contributed by atoms with E-state index in [0.29, 0.717) is 26.1 Å². The summed E-state index contributed by atoms with van der Waals surface area (Å²) in [4.78, 5) is 50.0. The van der Waals surface area contributed by atoms with Gasteiger partial charge in [0, 0.05) is 44.3 Å². The third-order valence-electron chi connectivity index (χ3n) is 6.13. The van der Waals surface area contributed by atoms with Crippen molar-refractivity contribution in [3.8, 4) is 0 Å². The Morgan fingerprint density at radius 1 is 1.00 bits per heavy atom. The van der Waals surface area contributed by atoms with Crippen LogP contribution in [0.2, 0.25) is 0 Å². The minimum atomic E-state index is -0.346. The number of nitrogens with one attached hydrogen (secondary N) is 2. The summed E-state index contributed by atoms with van der Waals surface area (Å²) in [7, 11) is 0. The lowest BCUT2D eigenvalue weighted by Crippen LogP contribution is -2.41. The molecular formula is C27H49N3O5S. The predicted molar refractivity (Wildman–Crippen MR) is 146 cm³/mol. The molecule has 8 nitrogen and oxygen atoms in total. The Kier molecular flexibility index (Phi) is 12.9. The van der Waals surface area contributed by atoms with E-state index in [1.54, 1.807) is 0 Å². The van der Waals surface area contributed by atoms with Crippen LogP contribution in [0.25, 0.3) is 0 Å². The van der Waals surface area contributed by atoms with Gasteiger partial charge in [-0.3, -0.25) is 24.1 Å². The normalized spacial score (nSPS) is 17.0. The molecule has 0 aromatic carbocycles. The predicted octanol–water partition coefficient (Wildman–Crippen LogP) is 3.92. The van der Waals surface area contributed by atoms with Crippen molar-refractivity contribution in [2.24, 2.45) is 10.8 Å². The van der Waals surface area contributed by atoms with Gasteiger partial charge >= 0.3 is 0 Å². The van der Waals surface area contributed by atoms with Crippen molar-refractivity contribution in [1.29, 1.82) is 0 Å². The maximum atomic E-state index is 12.4. The van der Waals surface area contributed by atoms with Crippen LogP contribution >= 0.6 is 11.8 Å². The molecule has 1 saturated heterocycles. The summed E-state index contributed by atoms with van der Waals surface area (Å²) in [6.45, 7) is 18.1. The molecule has 0 aromatic rings. The van der Waals surface area contributed by atoms with E-state index in [9.17, 15) is 19.2 Å². The van der Waals surface area contributed by atoms with Crippen LogP contribution in [0.3, 0.4) is 0 Å². The third-order valence-corrected chi connectivity index (χ3v) is 7.23. The summed E-state index contributed by atoms with van der Waals surface area (Å²) in [5.41, 5.74) is -0.472. The van der Waals surface area contributed by atoms with E-state index in [2.05, 4.69) is 31.4 Å². The van der Waals surface area contributed by atoms with Crippen molar-refractivity contribution in [1.82, 2.24) is 15.5 Å². The number of carbonyl (C=O) groups is 4. The number of nitrogens with zero attached hydrogens (tertiary/aromatic N) is 1. The van der Waals surface area contributed by atoms with E-state index >= 15 is 0 Å². The first-order valence-electron chi connectivity index (χ1n) is 13.2. The van der Waals surface area contributed by atoms with Crippen molar-refractivity contribution >= 4 is 35.4 Å². The number of hydrogen-bond donors (Lipinski definition) is 2. The number of amides is 4. The van der Waals surface area contributed by atoms with Gasteiger partial charge < -0.3 is 15.4 Å². The Labute approximate surface area is 222 Å². The smallest absolute Gasteiger partial charge is 0.242 e. The minimum Gasteiger partial charge on any atom is -0.375 e. The van der Waals surface area contributed by atoms with Crippen LogP contribution in [0.1, 0.15) is 93.9 Å². The molecule has 9 heteroatoms. The number of thioether (sulfide) groups is 1. The van der Waals surface area contributed by atoms with E-state index in [1.165, 1.54) is 16.7 Å². The van der Waals surface area contributed by atoms with Gasteiger partial charge in [0.1, 0.15) is 0 Å². The topological polar surface area (TPSA) is 105 Å². The molecule has 1 aliphatic heterocycles. The van der Waals surface area contributed by atoms with Gasteiger partial charge in [0.25, 0.3) is 0 Å². The Bertz CT molecular complexity index is 761. The molecule has 4 amide bonds. The lowest BCUT2D eigenvalue weighted by molar-refractivity contribution is -0.138. The fourth-order valence-electron chi connectivity index (χ4n) is 3.69. The highest BCUT2D eigenvalue weighted by Gasteiger charge is 2.38. The summed E-state index contributed by atoms with van der Waals surface area (Å²) < 4.78 is 6.17. The summed E-state index contributed by atoms with van der Waals surface area (Å²) in [5, 5.41) is 5.60. The summed E-state index contributed by atoms with van der Waals surface area (Å²) >= 11 is 1.47. The van der Waals surface area contributed by atoms with Crippen molar-refractivity contribution in [2.45, 2.75) is 105 Å². The molecule has 0 bridgehead atoms. The molecule has 2 N–H and O–H groups in total. The van der Waals surface area contributed by atoms with Crippen molar-refractivity contribution in [3.05, 3.63) is 0 Å². The van der Waals surface area contributed by atoms with Gasteiger partial charge in [0.2, 0.25) is 23.6 Å². The van der Waals surface area contributed by atoms with Crippen molar-refractivity contribution in [2.75, 3.05) is 32.0 Å². The quantitative estimate of drug-likeness (QED) is 0.233. The lowest BCUT2D eigenvalue weighted by Gasteiger charge is -2.32. The highest BCUT2D eigenvalue weighted by molar-refractivity contribution is 8.00. The Hall–Kier alpha value is -1.61. The molecule has 1 fully saturated rings. The molecule has 1 aliphatic rings. The van der Waals surface area contributed by atoms with E-state index in [0.717, 1.165) is 25.0 Å². The number of imide groups is 1. The standard InChI is InChI=1S/C27H49N3O5S/c1-9-36-20-17-23(33)30(24(20)34)16-12-22(32)29-18-26(5,6)19-35-27(7,8)13-10-15-28-21(31)11-14-25(2,3)4/h20H,9-19H2,1-8H3,(H,28,31)(H,29,32). The maximum Gasteiger partial charge on any atom is 0.242 e. The van der Waals surface area contributed by atoms with Gasteiger partial charge in [-0.15, -0.1) is 11.8 Å². The Morgan fingerprint density at radius 2 is 1.64 bits per heavy atom. The average Bonchev–Trinajstić information content (AvgIpc) is 3.03. The van der Waals surface area contributed by atoms with Gasteiger partial charge in [-0.05, 0) is 44.3 Å². The van der Waals surface area contributed by atoms with E-state index in [4.69, 9.17) is 4.74 Å². The zero-order chi connectivity index (χ0) is 27.6. The first kappa shape index (κ1) is 32.4. The number of hydrogen-bond acceptors (Lipinski definition) is 6. The number of rotatable bonds is 16. The summed E-state index contributed by atoms with van der Waals surface area (Å²) in [5.74, 6) is 0.315. The highest BCUT2D eigenvalue weighted by atomic mass is 32.2. The van der Waals surface area contributed by atoms with E-state index in [-0.39, 0.29) is 64.7 Å². The Balaban J connectivity index is 2.29. The molecule has 1 unspecified atom stereocenters. The van der Waals surface area contributed by atoms with Gasteiger partial charge in [-0.25, -0.2) is 0 Å². The lowest BCUT2D eigenvalue weighted by atomic mass is 9.90. The fourth-order valence-corrected chi connectivity index (χ4v) is 4.62. The molecule has 208 valence electrons. The molecule has 1 atom stereocenters. The molecule has 0 radical (unpaired) electrons. The molecular weight excluding hydrogens is 478 g/mol. The zero-order valence-corrected chi connectivity index (χ0v) is 24.6. The fraction of sp³-hybridized carbons (Fsp3) is 0.852. The second-order valence-electron chi connectivity index (χ2n) is 12.3. The van der Waals surface area contributed by atoms with Gasteiger partial charge in [0.05, 0.1) is 17.5 Å². The molecule has 0 aliphatic carbocycles. The van der Waals surface area contributed by atoms with E-state index < -0.39 is 0 Å². The monoisotopic (exact) mass is 527 g/mol. The van der Waals surface area contributed by atoms with Crippen LogP contribution in [0, 0.1) is 10.8 Å². The zero-order valence-electron chi connectivity index (χ0n) is 23.8.